The molecule has 0 aromatic heterocycles. The smallest absolute Gasteiger partial charge is 0.339 e. The number of rotatable bonds is 5. The number of likely N-dealkylation sites (N-methyl/N-ethyl adjacent to an activating group) is 1. The lowest BCUT2D eigenvalue weighted by molar-refractivity contribution is -0.137. The second-order valence-corrected chi connectivity index (χ2v) is 5.52. The fourth-order valence-corrected chi connectivity index (χ4v) is 2.24. The van der Waals surface area contributed by atoms with Crippen LogP contribution in [0.2, 0.25) is 0 Å². The molecule has 5 heteroatoms. The molecule has 1 atom stereocenters. The van der Waals surface area contributed by atoms with Crippen LogP contribution in [-0.4, -0.2) is 42.8 Å². The molecule has 0 N–H and O–H groups in total. The molecule has 24 heavy (non-hydrogen) atoms. The van der Waals surface area contributed by atoms with Crippen LogP contribution in [0.4, 0.5) is 0 Å². The number of carbonyl (C=O) groups is 3. The molecule has 2 aromatic rings. The van der Waals surface area contributed by atoms with E-state index < -0.39 is 12.1 Å². The Balaban J connectivity index is 2.27. The van der Waals surface area contributed by atoms with Crippen molar-refractivity contribution in [2.75, 3.05) is 14.1 Å². The maximum Gasteiger partial charge on any atom is 0.339 e. The summed E-state index contributed by atoms with van der Waals surface area (Å²) < 4.78 is 5.20. The molecule has 0 aliphatic carbocycles. The summed E-state index contributed by atoms with van der Waals surface area (Å²) >= 11 is 0. The van der Waals surface area contributed by atoms with Crippen molar-refractivity contribution in [3.05, 3.63) is 71.3 Å². The first-order valence-electron chi connectivity index (χ1n) is 7.52. The summed E-state index contributed by atoms with van der Waals surface area (Å²) in [7, 11) is 3.17. The van der Waals surface area contributed by atoms with Gasteiger partial charge >= 0.3 is 5.97 Å². The second kappa shape index (κ2) is 7.55. The molecule has 0 aliphatic heterocycles. The van der Waals surface area contributed by atoms with E-state index in [-0.39, 0.29) is 22.8 Å². The predicted molar refractivity (Wildman–Crippen MR) is 89.9 cm³/mol. The van der Waals surface area contributed by atoms with Gasteiger partial charge in [-0.2, -0.15) is 0 Å². The summed E-state index contributed by atoms with van der Waals surface area (Å²) in [6.07, 6.45) is -0.924. The predicted octanol–water partition coefficient (Wildman–Crippen LogP) is 2.55. The van der Waals surface area contributed by atoms with E-state index in [9.17, 15) is 14.4 Å². The van der Waals surface area contributed by atoms with Crippen LogP contribution in [0.5, 0.6) is 0 Å². The average Bonchev–Trinajstić information content (AvgIpc) is 2.60. The van der Waals surface area contributed by atoms with Gasteiger partial charge in [-0.1, -0.05) is 48.5 Å². The number of carbonyl (C=O) groups excluding carboxylic acids is 3. The van der Waals surface area contributed by atoms with Gasteiger partial charge in [0.15, 0.2) is 11.9 Å². The molecular formula is C19H19NO4. The first-order valence-corrected chi connectivity index (χ1v) is 7.52. The number of ketones is 1. The normalized spacial score (nSPS) is 11.5. The van der Waals surface area contributed by atoms with Crippen LogP contribution < -0.4 is 0 Å². The Morgan fingerprint density at radius 1 is 0.875 bits per heavy atom. The van der Waals surface area contributed by atoms with Crippen LogP contribution >= 0.6 is 0 Å². The van der Waals surface area contributed by atoms with E-state index in [0.717, 1.165) is 0 Å². The van der Waals surface area contributed by atoms with Crippen molar-refractivity contribution in [1.82, 2.24) is 4.90 Å². The third kappa shape index (κ3) is 3.87. The first-order chi connectivity index (χ1) is 11.4. The van der Waals surface area contributed by atoms with Crippen molar-refractivity contribution in [3.63, 3.8) is 0 Å². The summed E-state index contributed by atoms with van der Waals surface area (Å²) in [5, 5.41) is 0. The lowest BCUT2D eigenvalue weighted by atomic mass is 9.98. The van der Waals surface area contributed by atoms with Crippen molar-refractivity contribution >= 4 is 17.7 Å². The molecule has 5 nitrogen and oxygen atoms in total. The minimum Gasteiger partial charge on any atom is -0.449 e. The van der Waals surface area contributed by atoms with E-state index >= 15 is 0 Å². The maximum absolute atomic E-state index is 12.6. The molecule has 0 spiro atoms. The molecule has 124 valence electrons. The molecule has 0 saturated carbocycles. The topological polar surface area (TPSA) is 63.7 Å². The number of hydrogen-bond donors (Lipinski definition) is 0. The molecule has 0 radical (unpaired) electrons. The zero-order valence-electron chi connectivity index (χ0n) is 13.9. The zero-order valence-corrected chi connectivity index (χ0v) is 13.9. The standard InChI is InChI=1S/C19H19NO4/c1-13(18(22)20(2)3)24-19(23)16-12-8-7-11-15(16)17(21)14-9-5-4-6-10-14/h4-13H,1-3H3/t13-/m1/s1. The zero-order chi connectivity index (χ0) is 17.7. The lowest BCUT2D eigenvalue weighted by Crippen LogP contribution is -2.35. The van der Waals surface area contributed by atoms with E-state index in [1.54, 1.807) is 56.6 Å². The molecule has 0 aliphatic rings. The summed E-state index contributed by atoms with van der Waals surface area (Å²) in [5.41, 5.74) is 0.873. The highest BCUT2D eigenvalue weighted by atomic mass is 16.5. The first kappa shape index (κ1) is 17.4. The van der Waals surface area contributed by atoms with Gasteiger partial charge in [-0.05, 0) is 13.0 Å². The number of benzene rings is 2. The van der Waals surface area contributed by atoms with E-state index in [4.69, 9.17) is 4.74 Å². The summed E-state index contributed by atoms with van der Waals surface area (Å²) in [4.78, 5) is 38.2. The van der Waals surface area contributed by atoms with Crippen molar-refractivity contribution in [1.29, 1.82) is 0 Å². The number of amides is 1. The second-order valence-electron chi connectivity index (χ2n) is 5.52. The Hall–Kier alpha value is -2.95. The molecule has 0 heterocycles. The van der Waals surface area contributed by atoms with Crippen LogP contribution in [-0.2, 0) is 9.53 Å². The van der Waals surface area contributed by atoms with Crippen molar-refractivity contribution in [3.8, 4) is 0 Å². The van der Waals surface area contributed by atoms with Gasteiger partial charge in [0, 0.05) is 25.2 Å². The molecule has 0 bridgehead atoms. The van der Waals surface area contributed by atoms with E-state index in [2.05, 4.69) is 0 Å². The highest BCUT2D eigenvalue weighted by Gasteiger charge is 2.24. The summed E-state index contributed by atoms with van der Waals surface area (Å²) in [5.74, 6) is -1.29. The van der Waals surface area contributed by atoms with Crippen LogP contribution in [0, 0.1) is 0 Å². The molecule has 0 fully saturated rings. The SMILES string of the molecule is C[C@@H](OC(=O)c1ccccc1C(=O)c1ccccc1)C(=O)N(C)C. The van der Waals surface area contributed by atoms with Gasteiger partial charge in [-0.25, -0.2) is 4.79 Å². The van der Waals surface area contributed by atoms with Gasteiger partial charge in [0.25, 0.3) is 5.91 Å². The molecular weight excluding hydrogens is 306 g/mol. The van der Waals surface area contributed by atoms with Gasteiger partial charge in [0.1, 0.15) is 0 Å². The Bertz CT molecular complexity index is 753. The minimum atomic E-state index is -0.924. The maximum atomic E-state index is 12.6. The summed E-state index contributed by atoms with van der Waals surface area (Å²) in [6, 6.07) is 15.1. The van der Waals surface area contributed by atoms with Crippen molar-refractivity contribution in [2.45, 2.75) is 13.0 Å². The van der Waals surface area contributed by atoms with E-state index in [1.165, 1.54) is 17.9 Å². The fourth-order valence-electron chi connectivity index (χ4n) is 2.24. The number of esters is 1. The Labute approximate surface area is 140 Å². The largest absolute Gasteiger partial charge is 0.449 e. The average molecular weight is 325 g/mol. The van der Waals surface area contributed by atoms with Gasteiger partial charge in [-0.15, -0.1) is 0 Å². The number of nitrogens with zero attached hydrogens (tertiary/aromatic N) is 1. The monoisotopic (exact) mass is 325 g/mol. The molecule has 0 unspecified atom stereocenters. The summed E-state index contributed by atoms with van der Waals surface area (Å²) in [6.45, 7) is 1.50. The molecule has 1 amide bonds. The minimum absolute atomic E-state index is 0.143. The highest BCUT2D eigenvalue weighted by molar-refractivity contribution is 6.14. The van der Waals surface area contributed by atoms with Crippen LogP contribution in [0.15, 0.2) is 54.6 Å². The highest BCUT2D eigenvalue weighted by Crippen LogP contribution is 2.16. The Kier molecular flexibility index (Phi) is 5.47. The van der Waals surface area contributed by atoms with Gasteiger partial charge < -0.3 is 9.64 Å². The van der Waals surface area contributed by atoms with Gasteiger partial charge in [-0.3, -0.25) is 9.59 Å². The van der Waals surface area contributed by atoms with Crippen LogP contribution in [0.25, 0.3) is 0 Å². The van der Waals surface area contributed by atoms with E-state index in [0.29, 0.717) is 5.56 Å². The van der Waals surface area contributed by atoms with Gasteiger partial charge in [0.2, 0.25) is 0 Å². The van der Waals surface area contributed by atoms with Crippen LogP contribution in [0.1, 0.15) is 33.2 Å². The van der Waals surface area contributed by atoms with Crippen molar-refractivity contribution < 1.29 is 19.1 Å². The fraction of sp³-hybridized carbons (Fsp3) is 0.211. The van der Waals surface area contributed by atoms with Crippen LogP contribution in [0.3, 0.4) is 0 Å². The Morgan fingerprint density at radius 2 is 1.42 bits per heavy atom. The third-order valence-electron chi connectivity index (χ3n) is 3.50. The van der Waals surface area contributed by atoms with Crippen molar-refractivity contribution in [2.24, 2.45) is 0 Å². The lowest BCUT2D eigenvalue weighted by Gasteiger charge is -2.18. The Morgan fingerprint density at radius 3 is 2.00 bits per heavy atom. The van der Waals surface area contributed by atoms with Gasteiger partial charge in [0.05, 0.1) is 5.56 Å². The quantitative estimate of drug-likeness (QED) is 0.626. The number of hydrogen-bond acceptors (Lipinski definition) is 4. The number of ether oxygens (including phenoxy) is 1. The van der Waals surface area contributed by atoms with E-state index in [1.807, 2.05) is 6.07 Å². The molecule has 2 rings (SSSR count). The third-order valence-corrected chi connectivity index (χ3v) is 3.50. The molecule has 2 aromatic carbocycles. The molecule has 0 saturated heterocycles.